The number of benzene rings is 1. The van der Waals surface area contributed by atoms with E-state index in [0.717, 1.165) is 12.1 Å². The molecule has 0 aliphatic rings. The van der Waals surface area contributed by atoms with E-state index in [4.69, 9.17) is 15.7 Å². The maximum Gasteiger partial charge on any atom is 0.536 e. The van der Waals surface area contributed by atoms with E-state index in [0.29, 0.717) is 0 Å². The van der Waals surface area contributed by atoms with Crippen LogP contribution >= 0.6 is 0 Å². The lowest BCUT2D eigenvalue weighted by molar-refractivity contribution is -0.0540. The predicted molar refractivity (Wildman–Crippen MR) is 68.6 cm³/mol. The minimum Gasteiger partial charge on any atom is -0.410 e. The Morgan fingerprint density at radius 1 is 1.09 bits per heavy atom. The second-order valence-electron chi connectivity index (χ2n) is 3.66. The van der Waals surface area contributed by atoms with Crippen molar-refractivity contribution in [3.63, 3.8) is 0 Å². The van der Waals surface area contributed by atoms with Crippen molar-refractivity contribution in [3.8, 4) is 12.1 Å². The standard InChI is InChI=1S/C11H5F3N4O4S/c12-11(13,14)23(20,21)22-18-10(6-16)8-3-1-7(2-4-8)9(5-15)17-19/h1-4,19H. The number of hydrogen-bond acceptors (Lipinski definition) is 8. The fourth-order valence-corrected chi connectivity index (χ4v) is 1.45. The van der Waals surface area contributed by atoms with E-state index >= 15 is 0 Å². The number of nitrogens with zero attached hydrogens (tertiary/aromatic N) is 4. The van der Waals surface area contributed by atoms with Crippen LogP contribution in [0.4, 0.5) is 13.2 Å². The van der Waals surface area contributed by atoms with Crippen LogP contribution in [0.2, 0.25) is 0 Å². The Morgan fingerprint density at radius 3 is 1.87 bits per heavy atom. The molecule has 0 heterocycles. The van der Waals surface area contributed by atoms with Crippen molar-refractivity contribution in [1.29, 1.82) is 10.5 Å². The van der Waals surface area contributed by atoms with Crippen LogP contribution in [0.5, 0.6) is 0 Å². The molecule has 0 aromatic heterocycles. The Balaban J connectivity index is 3.12. The van der Waals surface area contributed by atoms with E-state index in [-0.39, 0.29) is 16.8 Å². The van der Waals surface area contributed by atoms with Crippen LogP contribution < -0.4 is 0 Å². The van der Waals surface area contributed by atoms with Gasteiger partial charge in [0.1, 0.15) is 12.1 Å². The third kappa shape index (κ3) is 4.18. The summed E-state index contributed by atoms with van der Waals surface area (Å²) in [4.78, 5) is 0. The first kappa shape index (κ1) is 17.9. The highest BCUT2D eigenvalue weighted by atomic mass is 32.2. The molecule has 1 N–H and O–H groups in total. The zero-order valence-corrected chi connectivity index (χ0v) is 11.6. The summed E-state index contributed by atoms with van der Waals surface area (Å²) in [7, 11) is -5.97. The molecular formula is C11H5F3N4O4S. The van der Waals surface area contributed by atoms with Crippen LogP contribution in [0.25, 0.3) is 0 Å². The lowest BCUT2D eigenvalue weighted by Gasteiger charge is -2.05. The van der Waals surface area contributed by atoms with Crippen LogP contribution in [0.3, 0.4) is 0 Å². The molecule has 0 unspecified atom stereocenters. The third-order valence-electron chi connectivity index (χ3n) is 2.25. The molecule has 1 rings (SSSR count). The molecule has 0 bridgehead atoms. The molecule has 0 aliphatic heterocycles. The Labute approximate surface area is 127 Å². The SMILES string of the molecule is N#CC(=NO)c1ccc(C(C#N)=NOS(=O)(=O)C(F)(F)F)cc1. The van der Waals surface area contributed by atoms with E-state index in [1.54, 1.807) is 6.07 Å². The maximum absolute atomic E-state index is 12.1. The van der Waals surface area contributed by atoms with Gasteiger partial charge in [0.2, 0.25) is 0 Å². The van der Waals surface area contributed by atoms with Crippen LogP contribution in [0.15, 0.2) is 34.6 Å². The topological polar surface area (TPSA) is 136 Å². The largest absolute Gasteiger partial charge is 0.536 e. The fourth-order valence-electron chi connectivity index (χ4n) is 1.20. The normalized spacial score (nSPS) is 13.1. The van der Waals surface area contributed by atoms with E-state index in [9.17, 15) is 21.6 Å². The van der Waals surface area contributed by atoms with Gasteiger partial charge in [-0.2, -0.15) is 32.1 Å². The van der Waals surface area contributed by atoms with Crippen LogP contribution in [0.1, 0.15) is 11.1 Å². The molecule has 12 heteroatoms. The van der Waals surface area contributed by atoms with Gasteiger partial charge in [-0.3, -0.25) is 4.28 Å². The summed E-state index contributed by atoms with van der Waals surface area (Å²) in [6.45, 7) is 0. The summed E-state index contributed by atoms with van der Waals surface area (Å²) >= 11 is 0. The maximum atomic E-state index is 12.1. The monoisotopic (exact) mass is 346 g/mol. The Bertz CT molecular complexity index is 830. The summed E-state index contributed by atoms with van der Waals surface area (Å²) in [5.41, 5.74) is -6.70. The van der Waals surface area contributed by atoms with E-state index in [1.165, 1.54) is 18.2 Å². The number of oxime groups is 2. The van der Waals surface area contributed by atoms with Crippen molar-refractivity contribution in [2.75, 3.05) is 0 Å². The van der Waals surface area contributed by atoms with E-state index in [2.05, 4.69) is 14.6 Å². The average Bonchev–Trinajstić information content (AvgIpc) is 2.49. The van der Waals surface area contributed by atoms with Gasteiger partial charge in [-0.15, -0.1) is 0 Å². The zero-order chi connectivity index (χ0) is 17.7. The summed E-state index contributed by atoms with van der Waals surface area (Å²) in [6.07, 6.45) is 0. The molecule has 0 atom stereocenters. The summed E-state index contributed by atoms with van der Waals surface area (Å²) in [5, 5.41) is 31.4. The molecular weight excluding hydrogens is 341 g/mol. The molecule has 0 amide bonds. The number of rotatable bonds is 4. The minimum absolute atomic E-state index is 0.0798. The number of nitriles is 2. The second kappa shape index (κ2) is 6.76. The van der Waals surface area contributed by atoms with Crippen molar-refractivity contribution in [2.24, 2.45) is 10.3 Å². The second-order valence-corrected chi connectivity index (χ2v) is 5.18. The first-order chi connectivity index (χ1) is 10.7. The molecule has 0 aliphatic carbocycles. The Kier molecular flexibility index (Phi) is 5.27. The minimum atomic E-state index is -5.97. The van der Waals surface area contributed by atoms with Gasteiger partial charge in [-0.25, -0.2) is 0 Å². The lowest BCUT2D eigenvalue weighted by Crippen LogP contribution is -2.24. The third-order valence-corrected chi connectivity index (χ3v) is 3.09. The zero-order valence-electron chi connectivity index (χ0n) is 10.8. The van der Waals surface area contributed by atoms with Crippen molar-refractivity contribution < 1.29 is 31.1 Å². The Morgan fingerprint density at radius 2 is 1.52 bits per heavy atom. The van der Waals surface area contributed by atoms with Crippen molar-refractivity contribution >= 4 is 21.5 Å². The summed E-state index contributed by atoms with van der Waals surface area (Å²) < 4.78 is 61.0. The molecule has 0 saturated heterocycles. The fraction of sp³-hybridized carbons (Fsp3) is 0.0909. The molecule has 0 spiro atoms. The highest BCUT2D eigenvalue weighted by Crippen LogP contribution is 2.24. The quantitative estimate of drug-likeness (QED) is 0.379. The molecule has 1 aromatic carbocycles. The molecule has 23 heavy (non-hydrogen) atoms. The first-order valence-electron chi connectivity index (χ1n) is 5.37. The van der Waals surface area contributed by atoms with E-state index < -0.39 is 21.3 Å². The van der Waals surface area contributed by atoms with Crippen LogP contribution in [-0.4, -0.2) is 30.6 Å². The molecule has 0 fully saturated rings. The predicted octanol–water partition coefficient (Wildman–Crippen LogP) is 1.48. The first-order valence-corrected chi connectivity index (χ1v) is 6.78. The average molecular weight is 346 g/mol. The number of alkyl halides is 3. The summed E-state index contributed by atoms with van der Waals surface area (Å²) in [6, 6.07) is 7.63. The van der Waals surface area contributed by atoms with Crippen molar-refractivity contribution in [1.82, 2.24) is 0 Å². The van der Waals surface area contributed by atoms with Gasteiger partial charge in [0, 0.05) is 11.1 Å². The van der Waals surface area contributed by atoms with Gasteiger partial charge in [-0.1, -0.05) is 34.6 Å². The van der Waals surface area contributed by atoms with E-state index in [1.807, 2.05) is 0 Å². The van der Waals surface area contributed by atoms with Crippen LogP contribution in [0, 0.1) is 22.7 Å². The van der Waals surface area contributed by atoms with Gasteiger partial charge >= 0.3 is 15.6 Å². The Hall–Kier alpha value is -3.12. The summed E-state index contributed by atoms with van der Waals surface area (Å²) in [5.74, 6) is 0. The highest BCUT2D eigenvalue weighted by molar-refractivity contribution is 7.87. The van der Waals surface area contributed by atoms with Crippen LogP contribution in [-0.2, 0) is 14.4 Å². The van der Waals surface area contributed by atoms with Gasteiger partial charge in [0.15, 0.2) is 11.4 Å². The highest BCUT2D eigenvalue weighted by Gasteiger charge is 2.49. The number of halogens is 3. The molecule has 120 valence electrons. The van der Waals surface area contributed by atoms with Gasteiger partial charge in [0.05, 0.1) is 0 Å². The van der Waals surface area contributed by atoms with Gasteiger partial charge < -0.3 is 5.21 Å². The van der Waals surface area contributed by atoms with Crippen molar-refractivity contribution in [3.05, 3.63) is 35.4 Å². The molecule has 1 aromatic rings. The molecule has 0 saturated carbocycles. The number of hydrogen-bond donors (Lipinski definition) is 1. The lowest BCUT2D eigenvalue weighted by atomic mass is 10.1. The molecule has 0 radical (unpaired) electrons. The van der Waals surface area contributed by atoms with Gasteiger partial charge in [-0.05, 0) is 0 Å². The molecule has 8 nitrogen and oxygen atoms in total. The smallest absolute Gasteiger partial charge is 0.410 e. The van der Waals surface area contributed by atoms with Crippen molar-refractivity contribution in [2.45, 2.75) is 5.51 Å². The van der Waals surface area contributed by atoms with Gasteiger partial charge in [0.25, 0.3) is 0 Å².